The van der Waals surface area contributed by atoms with Gasteiger partial charge < -0.3 is 0 Å². The SMILES string of the molecule is Cc1ccc2c(c1-c1cc([Si](C)(C)C)cc([Si](C)(C)C)c1)C=C(C(C)(C)C)[CH]2. The fourth-order valence-corrected chi connectivity index (χ4v) is 6.34. The van der Waals surface area contributed by atoms with E-state index in [9.17, 15) is 0 Å². The smallest absolute Gasteiger partial charge is 0.0656 e. The van der Waals surface area contributed by atoms with Gasteiger partial charge in [0.1, 0.15) is 0 Å². The van der Waals surface area contributed by atoms with Crippen LogP contribution >= 0.6 is 0 Å². The van der Waals surface area contributed by atoms with E-state index in [2.05, 4.69) is 110 Å². The summed E-state index contributed by atoms with van der Waals surface area (Å²) in [7, 11) is -2.79. The lowest BCUT2D eigenvalue weighted by Gasteiger charge is -2.25. The van der Waals surface area contributed by atoms with Gasteiger partial charge in [-0.15, -0.1) is 0 Å². The summed E-state index contributed by atoms with van der Waals surface area (Å²) in [5.74, 6) is 0. The average molecular weight is 406 g/mol. The fourth-order valence-electron chi connectivity index (χ4n) is 3.84. The molecule has 1 radical (unpaired) electrons. The van der Waals surface area contributed by atoms with Gasteiger partial charge in [0.2, 0.25) is 0 Å². The molecule has 0 aliphatic heterocycles. The van der Waals surface area contributed by atoms with Gasteiger partial charge in [-0.2, -0.15) is 0 Å². The number of hydrogen-bond acceptors (Lipinski definition) is 0. The van der Waals surface area contributed by atoms with Crippen LogP contribution in [0.25, 0.3) is 17.2 Å². The predicted octanol–water partition coefficient (Wildman–Crippen LogP) is 6.75. The van der Waals surface area contributed by atoms with Gasteiger partial charge in [0.15, 0.2) is 0 Å². The molecule has 0 amide bonds. The molecule has 0 N–H and O–H groups in total. The number of aryl methyl sites for hydroxylation is 1. The first-order valence-electron chi connectivity index (χ1n) is 10.5. The molecule has 1 aliphatic rings. The molecule has 0 atom stereocenters. The lowest BCUT2D eigenvalue weighted by atomic mass is 9.85. The molecule has 0 unspecified atom stereocenters. The van der Waals surface area contributed by atoms with Crippen LogP contribution in [0.15, 0.2) is 35.9 Å². The van der Waals surface area contributed by atoms with Crippen LogP contribution in [-0.2, 0) is 0 Å². The third-order valence-corrected chi connectivity index (χ3v) is 9.96. The summed E-state index contributed by atoms with van der Waals surface area (Å²) in [5, 5.41) is 3.17. The Bertz CT molecular complexity index is 910. The number of rotatable bonds is 3. The lowest BCUT2D eigenvalue weighted by Crippen LogP contribution is -2.45. The highest BCUT2D eigenvalue weighted by molar-refractivity contribution is 6.91. The van der Waals surface area contributed by atoms with Crippen LogP contribution in [0.2, 0.25) is 39.3 Å². The maximum absolute atomic E-state index is 2.53. The largest absolute Gasteiger partial charge is 0.0776 e. The van der Waals surface area contributed by atoms with Crippen molar-refractivity contribution in [2.75, 3.05) is 0 Å². The topological polar surface area (TPSA) is 0 Å². The maximum Gasteiger partial charge on any atom is 0.0776 e. The van der Waals surface area contributed by atoms with Crippen molar-refractivity contribution in [3.63, 3.8) is 0 Å². The minimum absolute atomic E-state index is 0.174. The monoisotopic (exact) mass is 405 g/mol. The van der Waals surface area contributed by atoms with Gasteiger partial charge in [-0.3, -0.25) is 0 Å². The third kappa shape index (κ3) is 4.13. The third-order valence-electron chi connectivity index (χ3n) is 5.92. The first kappa shape index (κ1) is 21.3. The van der Waals surface area contributed by atoms with Crippen molar-refractivity contribution in [1.82, 2.24) is 0 Å². The van der Waals surface area contributed by atoms with Gasteiger partial charge in [-0.1, -0.05) is 112 Å². The Morgan fingerprint density at radius 1 is 0.750 bits per heavy atom. The molecule has 0 bridgehead atoms. The van der Waals surface area contributed by atoms with E-state index in [1.807, 2.05) is 0 Å². The summed E-state index contributed by atoms with van der Waals surface area (Å²) < 4.78 is 0. The summed E-state index contributed by atoms with van der Waals surface area (Å²) in [5.41, 5.74) is 8.64. The van der Waals surface area contributed by atoms with Gasteiger partial charge in [0.25, 0.3) is 0 Å². The summed E-state index contributed by atoms with van der Waals surface area (Å²) in [6, 6.07) is 12.1. The van der Waals surface area contributed by atoms with E-state index in [0.717, 1.165) is 0 Å². The summed E-state index contributed by atoms with van der Waals surface area (Å²) in [6.07, 6.45) is 4.83. The second kappa shape index (κ2) is 6.84. The van der Waals surface area contributed by atoms with Crippen molar-refractivity contribution < 1.29 is 0 Å². The van der Waals surface area contributed by atoms with Gasteiger partial charge in [0.05, 0.1) is 16.1 Å². The zero-order valence-electron chi connectivity index (χ0n) is 19.5. The van der Waals surface area contributed by atoms with Crippen LogP contribution in [0, 0.1) is 18.8 Å². The molecule has 0 saturated carbocycles. The highest BCUT2D eigenvalue weighted by Crippen LogP contribution is 2.42. The number of fused-ring (bicyclic) bond motifs is 1. The molecule has 2 heteroatoms. The standard InChI is InChI=1S/C26H37Si2/c1-18-11-12-19-13-21(26(2,3)4)16-24(19)25(18)20-14-22(27(5,6)7)17-23(15-20)28(8,9)10/h11-17H,1-10H3. The molecule has 1 aliphatic carbocycles. The molecule has 0 spiro atoms. The van der Waals surface area contributed by atoms with Crippen LogP contribution in [-0.4, -0.2) is 16.1 Å². The van der Waals surface area contributed by atoms with Gasteiger partial charge >= 0.3 is 0 Å². The van der Waals surface area contributed by atoms with Crippen LogP contribution in [0.5, 0.6) is 0 Å². The first-order chi connectivity index (χ1) is 12.7. The quantitative estimate of drug-likeness (QED) is 0.495. The van der Waals surface area contributed by atoms with E-state index >= 15 is 0 Å². The van der Waals surface area contributed by atoms with Crippen molar-refractivity contribution in [1.29, 1.82) is 0 Å². The van der Waals surface area contributed by atoms with Crippen molar-refractivity contribution in [2.24, 2.45) is 5.41 Å². The zero-order chi connectivity index (χ0) is 21.1. The van der Waals surface area contributed by atoms with Crippen molar-refractivity contribution in [3.05, 3.63) is 59.0 Å². The van der Waals surface area contributed by atoms with Gasteiger partial charge in [0, 0.05) is 6.42 Å². The van der Waals surface area contributed by atoms with Crippen molar-refractivity contribution in [2.45, 2.75) is 67.0 Å². The van der Waals surface area contributed by atoms with E-state index in [1.54, 1.807) is 10.4 Å². The molecule has 2 aromatic rings. The summed E-state index contributed by atoms with van der Waals surface area (Å²) in [4.78, 5) is 0. The highest BCUT2D eigenvalue weighted by atomic mass is 28.3. The molecule has 2 aromatic carbocycles. The highest BCUT2D eigenvalue weighted by Gasteiger charge is 2.28. The molecule has 0 fully saturated rings. The maximum atomic E-state index is 2.53. The van der Waals surface area contributed by atoms with E-state index in [4.69, 9.17) is 0 Å². The molecule has 0 saturated heterocycles. The van der Waals surface area contributed by atoms with Crippen LogP contribution in [0.4, 0.5) is 0 Å². The minimum Gasteiger partial charge on any atom is -0.0656 e. The molecule has 3 rings (SSSR count). The first-order valence-corrected chi connectivity index (χ1v) is 17.5. The molecule has 28 heavy (non-hydrogen) atoms. The molecular weight excluding hydrogens is 368 g/mol. The average Bonchev–Trinajstić information content (AvgIpc) is 2.97. The van der Waals surface area contributed by atoms with Crippen LogP contribution in [0.3, 0.4) is 0 Å². The van der Waals surface area contributed by atoms with Gasteiger partial charge in [-0.05, 0) is 40.2 Å². The van der Waals surface area contributed by atoms with Crippen LogP contribution < -0.4 is 10.4 Å². The number of benzene rings is 2. The van der Waals surface area contributed by atoms with E-state index in [-0.39, 0.29) is 5.41 Å². The van der Waals surface area contributed by atoms with Gasteiger partial charge in [-0.25, -0.2) is 0 Å². The normalized spacial score (nSPS) is 14.9. The minimum atomic E-state index is -1.40. The fraction of sp³-hybridized carbons (Fsp3) is 0.423. The molecule has 0 aromatic heterocycles. The summed E-state index contributed by atoms with van der Waals surface area (Å²) in [6.45, 7) is 24.0. The Balaban J connectivity index is 2.29. The number of allylic oxidation sites excluding steroid dienone is 1. The van der Waals surface area contributed by atoms with Crippen LogP contribution in [0.1, 0.15) is 37.5 Å². The van der Waals surface area contributed by atoms with Crippen molar-refractivity contribution >= 4 is 32.6 Å². The van der Waals surface area contributed by atoms with E-state index < -0.39 is 16.1 Å². The molecular formula is C26H37Si2. The number of hydrogen-bond donors (Lipinski definition) is 0. The Hall–Kier alpha value is -1.39. The predicted molar refractivity (Wildman–Crippen MR) is 133 cm³/mol. The van der Waals surface area contributed by atoms with E-state index in [0.29, 0.717) is 0 Å². The second-order valence-electron chi connectivity index (χ2n) is 11.6. The Morgan fingerprint density at radius 3 is 1.75 bits per heavy atom. The Kier molecular flexibility index (Phi) is 5.21. The zero-order valence-corrected chi connectivity index (χ0v) is 21.5. The Labute approximate surface area is 175 Å². The Morgan fingerprint density at radius 2 is 1.29 bits per heavy atom. The molecule has 0 heterocycles. The van der Waals surface area contributed by atoms with E-state index in [1.165, 1.54) is 33.4 Å². The molecule has 0 nitrogen and oxygen atoms in total. The van der Waals surface area contributed by atoms with Crippen molar-refractivity contribution in [3.8, 4) is 11.1 Å². The lowest BCUT2D eigenvalue weighted by molar-refractivity contribution is 0.516. The summed E-state index contributed by atoms with van der Waals surface area (Å²) >= 11 is 0. The molecule has 149 valence electrons. The second-order valence-corrected chi connectivity index (χ2v) is 21.7.